The number of nitrogens with one attached hydrogen (secondary N) is 1. The van der Waals surface area contributed by atoms with Gasteiger partial charge in [0.15, 0.2) is 5.78 Å². The summed E-state index contributed by atoms with van der Waals surface area (Å²) < 4.78 is 2.99. The third-order valence-electron chi connectivity index (χ3n) is 10.9. The largest absolute Gasteiger partial charge is 0.507 e. The number of phenols is 1. The molecular weight excluding hydrogens is 723 g/mol. The van der Waals surface area contributed by atoms with Crippen LogP contribution >= 0.6 is 0 Å². The molecule has 5 heterocycles. The number of amides is 2. The number of imidazole rings is 1. The highest BCUT2D eigenvalue weighted by molar-refractivity contribution is 6.30. The van der Waals surface area contributed by atoms with E-state index in [4.69, 9.17) is 10.8 Å². The standard InChI is InChI=1S/C43H47N9O5/c1-49-37-23-29(17-18-35(37)52(43(49)57)36-19-20-41(55)47-42(36)56)11-6-4-2-3-5-7-12-31(48-44)26-45-25-30-13-10-16-40(46-30)51-28-32-24-33(51)27-50(32)22-21-39(54)34-14-8-9-15-38(34)53/h8-10,13-18,21-23,26,32-33,36,53H,2-5,7,12,19-20,24-25,27-28,44H2,1H3,(H,47,55,56)/b22-21+,45-26?,48-31-/t32-,33-,36?/m1/s1. The van der Waals surface area contributed by atoms with Crippen LogP contribution in [0.3, 0.4) is 0 Å². The summed E-state index contributed by atoms with van der Waals surface area (Å²) in [6, 6.07) is 18.0. The second-order valence-corrected chi connectivity index (χ2v) is 14.8. The molecule has 2 bridgehead atoms. The lowest BCUT2D eigenvalue weighted by atomic mass is 10.1. The Hall–Kier alpha value is -6.49. The first-order valence-electron chi connectivity index (χ1n) is 19.5. The van der Waals surface area contributed by atoms with Crippen molar-refractivity contribution < 1.29 is 19.5 Å². The van der Waals surface area contributed by atoms with E-state index in [0.29, 0.717) is 35.6 Å². The molecule has 0 aliphatic carbocycles. The average molecular weight is 770 g/mol. The zero-order chi connectivity index (χ0) is 39.9. The lowest BCUT2D eigenvalue weighted by Gasteiger charge is -2.34. The number of aromatic nitrogens is 3. The minimum absolute atomic E-state index is 0.0112. The molecule has 3 aliphatic rings. The molecule has 0 saturated carbocycles. The molecule has 4 aromatic rings. The number of anilines is 1. The maximum atomic E-state index is 13.0. The number of ketones is 1. The molecule has 3 aliphatic heterocycles. The van der Waals surface area contributed by atoms with Gasteiger partial charge in [0, 0.05) is 69.1 Å². The maximum Gasteiger partial charge on any atom is 0.329 e. The Labute approximate surface area is 330 Å². The summed E-state index contributed by atoms with van der Waals surface area (Å²) in [6.45, 7) is 2.04. The summed E-state index contributed by atoms with van der Waals surface area (Å²) in [6.07, 6.45) is 12.0. The van der Waals surface area contributed by atoms with Crippen LogP contribution in [0.4, 0.5) is 5.82 Å². The van der Waals surface area contributed by atoms with E-state index in [2.05, 4.69) is 37.1 Å². The zero-order valence-corrected chi connectivity index (χ0v) is 32.0. The van der Waals surface area contributed by atoms with Gasteiger partial charge in [-0.2, -0.15) is 5.10 Å². The van der Waals surface area contributed by atoms with Crippen LogP contribution in [0.2, 0.25) is 0 Å². The van der Waals surface area contributed by atoms with Gasteiger partial charge < -0.3 is 20.7 Å². The van der Waals surface area contributed by atoms with Gasteiger partial charge in [-0.25, -0.2) is 9.78 Å². The number of unbranched alkanes of at least 4 members (excludes halogenated alkanes) is 4. The Morgan fingerprint density at radius 3 is 2.65 bits per heavy atom. The Bertz CT molecular complexity index is 2380. The second-order valence-electron chi connectivity index (χ2n) is 14.8. The van der Waals surface area contributed by atoms with Crippen molar-refractivity contribution in [3.63, 3.8) is 0 Å². The third kappa shape index (κ3) is 8.83. The van der Waals surface area contributed by atoms with Crippen molar-refractivity contribution in [1.82, 2.24) is 24.3 Å². The number of nitrogens with two attached hydrogens (primary N) is 1. The Balaban J connectivity index is 0.818. The lowest BCUT2D eigenvalue weighted by Crippen LogP contribution is -2.44. The predicted octanol–water partition coefficient (Wildman–Crippen LogP) is 4.36. The number of pyridine rings is 1. The summed E-state index contributed by atoms with van der Waals surface area (Å²) in [5.41, 5.74) is 3.74. The molecule has 3 fully saturated rings. The molecule has 294 valence electrons. The van der Waals surface area contributed by atoms with Crippen LogP contribution in [0.25, 0.3) is 11.0 Å². The van der Waals surface area contributed by atoms with Gasteiger partial charge in [-0.3, -0.25) is 33.8 Å². The monoisotopic (exact) mass is 769 g/mol. The topological polar surface area (TPSA) is 181 Å². The number of piperazine rings is 1. The normalized spacial score (nSPS) is 19.5. The summed E-state index contributed by atoms with van der Waals surface area (Å²) in [5, 5.41) is 16.3. The van der Waals surface area contributed by atoms with Crippen LogP contribution in [0.1, 0.15) is 85.4 Å². The Kier molecular flexibility index (Phi) is 11.9. The summed E-state index contributed by atoms with van der Waals surface area (Å²) in [5.74, 6) is 12.1. The molecule has 0 radical (unpaired) electrons. The van der Waals surface area contributed by atoms with Gasteiger partial charge in [-0.05, 0) is 74.6 Å². The van der Waals surface area contributed by atoms with Crippen molar-refractivity contribution in [2.24, 2.45) is 23.0 Å². The number of carbonyl (C=O) groups is 3. The zero-order valence-electron chi connectivity index (χ0n) is 32.0. The molecule has 57 heavy (non-hydrogen) atoms. The van der Waals surface area contributed by atoms with E-state index in [1.807, 2.05) is 42.6 Å². The van der Waals surface area contributed by atoms with Gasteiger partial charge in [0.2, 0.25) is 11.8 Å². The van der Waals surface area contributed by atoms with Gasteiger partial charge in [0.25, 0.3) is 0 Å². The van der Waals surface area contributed by atoms with Gasteiger partial charge in [-0.1, -0.05) is 42.9 Å². The number of aryl methyl sites for hydroxylation is 1. The molecule has 1 unspecified atom stereocenters. The number of hydrogen-bond acceptors (Lipinski definition) is 11. The molecule has 4 N–H and O–H groups in total. The number of benzene rings is 2. The first kappa shape index (κ1) is 38.8. The van der Waals surface area contributed by atoms with Crippen molar-refractivity contribution in [3.8, 4) is 17.6 Å². The van der Waals surface area contributed by atoms with Gasteiger partial charge >= 0.3 is 5.69 Å². The molecule has 14 nitrogen and oxygen atoms in total. The summed E-state index contributed by atoms with van der Waals surface area (Å²) >= 11 is 0. The quantitative estimate of drug-likeness (QED) is 0.0246. The van der Waals surface area contributed by atoms with Crippen molar-refractivity contribution in [2.45, 2.75) is 82.5 Å². The number of hydrazone groups is 1. The second kappa shape index (κ2) is 17.5. The third-order valence-corrected chi connectivity index (χ3v) is 10.9. The predicted molar refractivity (Wildman–Crippen MR) is 219 cm³/mol. The highest BCUT2D eigenvalue weighted by atomic mass is 16.3. The van der Waals surface area contributed by atoms with Gasteiger partial charge in [0.05, 0.1) is 34.5 Å². The molecule has 2 amide bonds. The fourth-order valence-electron chi connectivity index (χ4n) is 7.93. The number of rotatable bonds is 14. The van der Waals surface area contributed by atoms with Crippen LogP contribution in [-0.4, -0.2) is 78.8 Å². The Morgan fingerprint density at radius 2 is 1.86 bits per heavy atom. The number of aliphatic imine (C=N–C) groups is 1. The number of imide groups is 1. The van der Waals surface area contributed by atoms with E-state index >= 15 is 0 Å². The van der Waals surface area contributed by atoms with E-state index in [1.165, 1.54) is 15.2 Å². The molecule has 14 heteroatoms. The SMILES string of the molecule is Cn1c(=O)n(C2CCC(=O)NC2=O)c2ccc(C#CCCCCCC/C(C=NCc3cccc(N4C[C@H]5C[C@@H]4CN5/C=C/C(=O)c4ccccc4O)n3)=N/N)cc21. The minimum atomic E-state index is -0.713. The fraction of sp³-hybridized carbons (Fsp3) is 0.372. The molecular formula is C43H47N9O5. The number of aromatic hydroxyl groups is 1. The number of hydrogen-bond donors (Lipinski definition) is 3. The van der Waals surface area contributed by atoms with E-state index in [-0.39, 0.29) is 35.6 Å². The number of likely N-dealkylation sites (tertiary alicyclic amines) is 1. The number of fused-ring (bicyclic) bond motifs is 3. The van der Waals surface area contributed by atoms with Crippen LogP contribution in [0.5, 0.6) is 5.75 Å². The molecule has 3 saturated heterocycles. The number of allylic oxidation sites excluding steroid dienone is 1. The van der Waals surface area contributed by atoms with Crippen molar-refractivity contribution in [1.29, 1.82) is 0 Å². The van der Waals surface area contributed by atoms with Crippen LogP contribution < -0.4 is 21.7 Å². The van der Waals surface area contributed by atoms with E-state index < -0.39 is 11.9 Å². The summed E-state index contributed by atoms with van der Waals surface area (Å²) in [7, 11) is 1.67. The first-order chi connectivity index (χ1) is 27.7. The number of carbonyl (C=O) groups excluding carboxylic acids is 3. The molecule has 7 rings (SSSR count). The molecule has 2 aromatic carbocycles. The van der Waals surface area contributed by atoms with Crippen LogP contribution in [0, 0.1) is 11.8 Å². The minimum Gasteiger partial charge on any atom is -0.507 e. The fourth-order valence-corrected chi connectivity index (χ4v) is 7.93. The van der Waals surface area contributed by atoms with Crippen LogP contribution in [0.15, 0.2) is 87.8 Å². The van der Waals surface area contributed by atoms with Gasteiger partial charge in [-0.15, -0.1) is 0 Å². The highest BCUT2D eigenvalue weighted by Crippen LogP contribution is 2.34. The summed E-state index contributed by atoms with van der Waals surface area (Å²) in [4.78, 5) is 63.7. The number of phenolic OH excluding ortho intramolecular Hbond substituents is 1. The molecule has 3 atom stereocenters. The van der Waals surface area contributed by atoms with Crippen molar-refractivity contribution >= 4 is 46.4 Å². The Morgan fingerprint density at radius 1 is 1.02 bits per heavy atom. The maximum absolute atomic E-state index is 13.0. The lowest BCUT2D eigenvalue weighted by molar-refractivity contribution is -0.135. The molecule has 2 aromatic heterocycles. The van der Waals surface area contributed by atoms with Crippen molar-refractivity contribution in [2.75, 3.05) is 18.0 Å². The highest BCUT2D eigenvalue weighted by Gasteiger charge is 2.42. The van der Waals surface area contributed by atoms with Crippen molar-refractivity contribution in [3.05, 3.63) is 100 Å². The van der Waals surface area contributed by atoms with E-state index in [1.54, 1.807) is 37.5 Å². The van der Waals surface area contributed by atoms with Crippen LogP contribution in [-0.2, 0) is 23.2 Å². The number of nitrogens with zero attached hydrogens (tertiary/aromatic N) is 7. The van der Waals surface area contributed by atoms with E-state index in [0.717, 1.165) is 80.8 Å². The first-order valence-corrected chi connectivity index (χ1v) is 19.5. The average Bonchev–Trinajstić information content (AvgIpc) is 3.89. The number of piperidine rings is 1. The molecule has 0 spiro atoms. The van der Waals surface area contributed by atoms with E-state index in [9.17, 15) is 24.3 Å². The number of para-hydroxylation sites is 1. The smallest absolute Gasteiger partial charge is 0.329 e. The van der Waals surface area contributed by atoms with Gasteiger partial charge in [0.1, 0.15) is 17.6 Å².